The second-order valence-electron chi connectivity index (χ2n) is 6.01. The Morgan fingerprint density at radius 2 is 2.18 bits per heavy atom. The van der Waals surface area contributed by atoms with Crippen molar-refractivity contribution in [1.82, 2.24) is 14.8 Å². The molecule has 0 spiro atoms. The molecule has 0 aliphatic rings. The number of thioether (sulfide) groups is 1. The number of nitrogens with one attached hydrogen (secondary N) is 1. The number of rotatable bonds is 7. The Bertz CT molecular complexity index is 1000. The molecule has 2 aromatic heterocycles. The van der Waals surface area contributed by atoms with E-state index < -0.39 is 4.92 Å². The number of halogens is 1. The molecule has 1 aromatic carbocycles. The highest BCUT2D eigenvalue weighted by Crippen LogP contribution is 2.31. The summed E-state index contributed by atoms with van der Waals surface area (Å²) in [4.78, 5) is 23.6. The maximum absolute atomic E-state index is 12.3. The molecular formula is C17H16ClN5O3S2. The van der Waals surface area contributed by atoms with E-state index >= 15 is 0 Å². The molecule has 0 radical (unpaired) electrons. The normalized spacial score (nSPS) is 11.0. The number of carbonyl (C=O) groups excluding carboxylic acids is 1. The van der Waals surface area contributed by atoms with Crippen molar-refractivity contribution < 1.29 is 9.72 Å². The molecule has 1 amide bonds. The zero-order chi connectivity index (χ0) is 20.3. The van der Waals surface area contributed by atoms with Gasteiger partial charge in [-0.25, -0.2) is 0 Å². The lowest BCUT2D eigenvalue weighted by atomic mass is 10.3. The van der Waals surface area contributed by atoms with Gasteiger partial charge in [-0.1, -0.05) is 29.4 Å². The van der Waals surface area contributed by atoms with Gasteiger partial charge in [0.2, 0.25) is 5.91 Å². The highest BCUT2D eigenvalue weighted by atomic mass is 35.5. The molecule has 3 aromatic rings. The van der Waals surface area contributed by atoms with Gasteiger partial charge in [0.15, 0.2) is 11.0 Å². The molecule has 0 saturated carbocycles. The average molecular weight is 438 g/mol. The van der Waals surface area contributed by atoms with Crippen molar-refractivity contribution in [2.24, 2.45) is 0 Å². The molecular weight excluding hydrogens is 422 g/mol. The maximum Gasteiger partial charge on any atom is 0.289 e. The van der Waals surface area contributed by atoms with Crippen LogP contribution in [0.4, 0.5) is 11.4 Å². The topological polar surface area (TPSA) is 103 Å². The Kier molecular flexibility index (Phi) is 6.32. The van der Waals surface area contributed by atoms with Gasteiger partial charge in [0, 0.05) is 17.8 Å². The molecule has 146 valence electrons. The summed E-state index contributed by atoms with van der Waals surface area (Å²) in [5, 5.41) is 24.7. The molecule has 0 unspecified atom stereocenters. The van der Waals surface area contributed by atoms with E-state index in [9.17, 15) is 14.9 Å². The van der Waals surface area contributed by atoms with Gasteiger partial charge in [0.25, 0.3) is 5.69 Å². The van der Waals surface area contributed by atoms with E-state index in [1.807, 2.05) is 35.9 Å². The molecule has 1 N–H and O–H groups in total. The van der Waals surface area contributed by atoms with Crippen LogP contribution < -0.4 is 5.32 Å². The van der Waals surface area contributed by atoms with Crippen LogP contribution in [0.5, 0.6) is 0 Å². The number of aromatic nitrogens is 3. The van der Waals surface area contributed by atoms with Gasteiger partial charge in [0.05, 0.1) is 15.6 Å². The van der Waals surface area contributed by atoms with Crippen LogP contribution >= 0.6 is 34.7 Å². The number of nitrogens with zero attached hydrogens (tertiary/aromatic N) is 4. The predicted molar refractivity (Wildman–Crippen MR) is 111 cm³/mol. The second-order valence-corrected chi connectivity index (χ2v) is 8.30. The quantitative estimate of drug-likeness (QED) is 0.321. The number of benzene rings is 1. The summed E-state index contributed by atoms with van der Waals surface area (Å²) < 4.78 is 1.98. The first-order valence-corrected chi connectivity index (χ1v) is 10.5. The molecule has 0 aliphatic carbocycles. The Morgan fingerprint density at radius 3 is 2.82 bits per heavy atom. The lowest BCUT2D eigenvalue weighted by molar-refractivity contribution is -0.384. The van der Waals surface area contributed by atoms with Crippen molar-refractivity contribution in [3.63, 3.8) is 0 Å². The minimum Gasteiger partial charge on any atom is -0.325 e. The lowest BCUT2D eigenvalue weighted by Gasteiger charge is -2.13. The number of anilines is 1. The standard InChI is InChI=1S/C17H16ClN5O3S2/c1-10(2)22-16(14-4-3-7-27-14)20-21-17(22)28-9-15(24)19-11-5-6-12(18)13(8-11)23(25)26/h3-8,10H,9H2,1-2H3,(H,19,24). The van der Waals surface area contributed by atoms with Crippen LogP contribution in [0.3, 0.4) is 0 Å². The van der Waals surface area contributed by atoms with E-state index in [1.165, 1.54) is 30.0 Å². The van der Waals surface area contributed by atoms with E-state index in [0.29, 0.717) is 10.8 Å². The Balaban J connectivity index is 1.70. The van der Waals surface area contributed by atoms with Crippen LogP contribution in [-0.4, -0.2) is 31.3 Å². The van der Waals surface area contributed by atoms with E-state index in [0.717, 1.165) is 10.7 Å². The molecule has 0 aliphatic heterocycles. The summed E-state index contributed by atoms with van der Waals surface area (Å²) in [5.41, 5.74) is 0.0542. The highest BCUT2D eigenvalue weighted by molar-refractivity contribution is 7.99. The Hall–Kier alpha value is -2.43. The van der Waals surface area contributed by atoms with E-state index in [2.05, 4.69) is 15.5 Å². The van der Waals surface area contributed by atoms with Gasteiger partial charge < -0.3 is 5.32 Å². The van der Waals surface area contributed by atoms with Gasteiger partial charge in [-0.2, -0.15) is 0 Å². The summed E-state index contributed by atoms with van der Waals surface area (Å²) in [7, 11) is 0. The van der Waals surface area contributed by atoms with E-state index in [1.54, 1.807) is 11.3 Å². The fourth-order valence-electron chi connectivity index (χ4n) is 2.47. The van der Waals surface area contributed by atoms with Gasteiger partial charge in [0.1, 0.15) is 5.02 Å². The Morgan fingerprint density at radius 1 is 1.39 bits per heavy atom. The molecule has 3 rings (SSSR count). The smallest absolute Gasteiger partial charge is 0.289 e. The molecule has 0 atom stereocenters. The number of thiophene rings is 1. The number of nitro groups is 1. The first kappa shape index (κ1) is 20.3. The highest BCUT2D eigenvalue weighted by Gasteiger charge is 2.19. The van der Waals surface area contributed by atoms with E-state index in [4.69, 9.17) is 11.6 Å². The summed E-state index contributed by atoms with van der Waals surface area (Å²) in [6.07, 6.45) is 0. The maximum atomic E-state index is 12.3. The van der Waals surface area contributed by atoms with Crippen LogP contribution in [0.25, 0.3) is 10.7 Å². The van der Waals surface area contributed by atoms with Crippen molar-refractivity contribution >= 4 is 52.0 Å². The molecule has 28 heavy (non-hydrogen) atoms. The second kappa shape index (κ2) is 8.72. The molecule has 8 nitrogen and oxygen atoms in total. The first-order valence-electron chi connectivity index (χ1n) is 8.22. The van der Waals surface area contributed by atoms with Crippen LogP contribution in [0, 0.1) is 10.1 Å². The minimum absolute atomic E-state index is 0.0171. The van der Waals surface area contributed by atoms with Gasteiger partial charge >= 0.3 is 0 Å². The third-order valence-electron chi connectivity index (χ3n) is 3.68. The van der Waals surface area contributed by atoms with Crippen molar-refractivity contribution in [1.29, 1.82) is 0 Å². The number of nitro benzene ring substituents is 1. The zero-order valence-corrected chi connectivity index (χ0v) is 17.3. The molecule has 0 fully saturated rings. The van der Waals surface area contributed by atoms with Crippen molar-refractivity contribution in [3.8, 4) is 10.7 Å². The number of carbonyl (C=O) groups is 1. The van der Waals surface area contributed by atoms with Gasteiger partial charge in [-0.05, 0) is 37.4 Å². The van der Waals surface area contributed by atoms with Crippen molar-refractivity contribution in [3.05, 3.63) is 50.8 Å². The van der Waals surface area contributed by atoms with Crippen molar-refractivity contribution in [2.75, 3.05) is 11.1 Å². The largest absolute Gasteiger partial charge is 0.325 e. The van der Waals surface area contributed by atoms with Crippen molar-refractivity contribution in [2.45, 2.75) is 25.0 Å². The Labute approximate surface area is 174 Å². The van der Waals surface area contributed by atoms with Crippen LogP contribution in [0.2, 0.25) is 5.02 Å². The predicted octanol–water partition coefficient (Wildman–Crippen LogP) is 4.88. The monoisotopic (exact) mass is 437 g/mol. The molecule has 0 bridgehead atoms. The SMILES string of the molecule is CC(C)n1c(SCC(=O)Nc2ccc(Cl)c([N+](=O)[O-])c2)nnc1-c1cccs1. The van der Waals surface area contributed by atoms with Gasteiger partial charge in [-0.15, -0.1) is 21.5 Å². The molecule has 11 heteroatoms. The summed E-state index contributed by atoms with van der Waals surface area (Å²) in [5.74, 6) is 0.546. The minimum atomic E-state index is -0.593. The van der Waals surface area contributed by atoms with Crippen LogP contribution in [0.1, 0.15) is 19.9 Å². The fraction of sp³-hybridized carbons (Fsp3) is 0.235. The van der Waals surface area contributed by atoms with Crippen LogP contribution in [-0.2, 0) is 4.79 Å². The molecule has 2 heterocycles. The number of hydrogen-bond acceptors (Lipinski definition) is 7. The number of amides is 1. The number of hydrogen-bond donors (Lipinski definition) is 1. The average Bonchev–Trinajstić information content (AvgIpc) is 3.30. The molecule has 0 saturated heterocycles. The fourth-order valence-corrected chi connectivity index (χ4v) is 4.23. The third-order valence-corrected chi connectivity index (χ3v) is 5.81. The summed E-state index contributed by atoms with van der Waals surface area (Å²) in [6, 6.07) is 8.18. The third kappa shape index (κ3) is 4.51. The first-order chi connectivity index (χ1) is 13.4. The van der Waals surface area contributed by atoms with E-state index in [-0.39, 0.29) is 28.4 Å². The van der Waals surface area contributed by atoms with Crippen LogP contribution in [0.15, 0.2) is 40.9 Å². The summed E-state index contributed by atoms with van der Waals surface area (Å²) in [6.45, 7) is 4.05. The zero-order valence-electron chi connectivity index (χ0n) is 15.0. The summed E-state index contributed by atoms with van der Waals surface area (Å²) >= 11 is 8.62. The van der Waals surface area contributed by atoms with Gasteiger partial charge in [-0.3, -0.25) is 19.5 Å². The lowest BCUT2D eigenvalue weighted by Crippen LogP contribution is -2.15.